The van der Waals surface area contributed by atoms with Crippen molar-refractivity contribution in [2.75, 3.05) is 0 Å². The molecule has 26 heavy (non-hydrogen) atoms. The number of hydrazone groups is 1. The highest BCUT2D eigenvalue weighted by Gasteiger charge is 2.32. The number of benzene rings is 2. The lowest BCUT2D eigenvalue weighted by Gasteiger charge is -2.19. The van der Waals surface area contributed by atoms with Crippen molar-refractivity contribution in [3.63, 3.8) is 0 Å². The molecule has 0 unspecified atom stereocenters. The van der Waals surface area contributed by atoms with Crippen LogP contribution in [-0.4, -0.2) is 22.0 Å². The Kier molecular flexibility index (Phi) is 5.58. The number of amides is 2. The Morgan fingerprint density at radius 3 is 2.62 bits per heavy atom. The molecule has 134 valence electrons. The van der Waals surface area contributed by atoms with Gasteiger partial charge in [0.05, 0.1) is 0 Å². The van der Waals surface area contributed by atoms with Crippen LogP contribution in [0.25, 0.3) is 0 Å². The summed E-state index contributed by atoms with van der Waals surface area (Å²) >= 11 is 1.32. The lowest BCUT2D eigenvalue weighted by Crippen LogP contribution is -2.25. The first-order chi connectivity index (χ1) is 12.5. The molecule has 0 fully saturated rings. The Hall–Kier alpha value is -2.80. The summed E-state index contributed by atoms with van der Waals surface area (Å²) in [5.41, 5.74) is 1.95. The van der Waals surface area contributed by atoms with Gasteiger partial charge >= 0.3 is 0 Å². The van der Waals surface area contributed by atoms with Crippen molar-refractivity contribution in [1.29, 1.82) is 0 Å². The van der Waals surface area contributed by atoms with Gasteiger partial charge < -0.3 is 10.1 Å². The smallest absolute Gasteiger partial charge is 0.241 e. The molecule has 1 aliphatic rings. The number of rotatable bonds is 4. The molecule has 2 amide bonds. The topological polar surface area (TPSA) is 71.0 Å². The third-order valence-corrected chi connectivity index (χ3v) is 4.74. The van der Waals surface area contributed by atoms with Gasteiger partial charge in [-0.3, -0.25) is 9.59 Å². The van der Waals surface area contributed by atoms with E-state index in [2.05, 4.69) is 10.4 Å². The highest BCUT2D eigenvalue weighted by Crippen LogP contribution is 2.39. The third kappa shape index (κ3) is 4.43. The van der Waals surface area contributed by atoms with Gasteiger partial charge in [0.2, 0.25) is 11.8 Å². The second-order valence-corrected chi connectivity index (χ2v) is 6.84. The maximum absolute atomic E-state index is 11.9. The molecule has 2 aromatic carbocycles. The highest BCUT2D eigenvalue weighted by atomic mass is 32.2. The Bertz CT molecular complexity index is 839. The van der Waals surface area contributed by atoms with Gasteiger partial charge in [-0.15, -0.1) is 5.10 Å². The normalized spacial score (nSPS) is 16.2. The maximum Gasteiger partial charge on any atom is 0.241 e. The summed E-state index contributed by atoms with van der Waals surface area (Å²) in [4.78, 5) is 23.2. The van der Waals surface area contributed by atoms with E-state index < -0.39 is 0 Å². The molecule has 1 heterocycles. The lowest BCUT2D eigenvalue weighted by molar-refractivity contribution is -0.129. The number of nitrogens with one attached hydrogen (secondary N) is 1. The van der Waals surface area contributed by atoms with Crippen LogP contribution in [0.3, 0.4) is 0 Å². The molecule has 0 saturated heterocycles. The molecule has 1 atom stereocenters. The minimum Gasteiger partial charge on any atom is -0.489 e. The van der Waals surface area contributed by atoms with Crippen molar-refractivity contribution in [1.82, 2.24) is 10.3 Å². The molecule has 2 aromatic rings. The predicted molar refractivity (Wildman–Crippen MR) is 101 cm³/mol. The van der Waals surface area contributed by atoms with E-state index in [0.29, 0.717) is 17.5 Å². The van der Waals surface area contributed by atoms with Gasteiger partial charge in [-0.1, -0.05) is 54.2 Å². The zero-order chi connectivity index (χ0) is 18.5. The second-order valence-electron chi connectivity index (χ2n) is 5.77. The number of hydrogen-bond donors (Lipinski definition) is 1. The van der Waals surface area contributed by atoms with Crippen LogP contribution in [0, 0.1) is 0 Å². The van der Waals surface area contributed by atoms with Crippen molar-refractivity contribution in [3.05, 3.63) is 65.7 Å². The maximum atomic E-state index is 11.9. The number of thioether (sulfide) groups is 1. The molecule has 0 aliphatic carbocycles. The van der Waals surface area contributed by atoms with E-state index in [1.54, 1.807) is 0 Å². The zero-order valence-electron chi connectivity index (χ0n) is 14.5. The SMILES string of the molecule is CC(=O)NC1=NN(C(C)=O)[C@@H](c2cccc(OCc3ccccc3)c2)S1. The fourth-order valence-electron chi connectivity index (χ4n) is 2.48. The van der Waals surface area contributed by atoms with Crippen molar-refractivity contribution >= 4 is 28.7 Å². The van der Waals surface area contributed by atoms with E-state index in [1.807, 2.05) is 54.6 Å². The summed E-state index contributed by atoms with van der Waals surface area (Å²) in [6.45, 7) is 3.32. The summed E-state index contributed by atoms with van der Waals surface area (Å²) in [5.74, 6) is 0.294. The first kappa shape index (κ1) is 18.0. The molecule has 1 aliphatic heterocycles. The number of ether oxygens (including phenoxy) is 1. The monoisotopic (exact) mass is 369 g/mol. The fourth-order valence-corrected chi connectivity index (χ4v) is 3.61. The van der Waals surface area contributed by atoms with Crippen LogP contribution in [0.4, 0.5) is 0 Å². The van der Waals surface area contributed by atoms with Crippen LogP contribution >= 0.6 is 11.8 Å². The fraction of sp³-hybridized carbons (Fsp3) is 0.211. The average Bonchev–Trinajstić information content (AvgIpc) is 3.04. The van der Waals surface area contributed by atoms with Crippen LogP contribution in [0.1, 0.15) is 30.3 Å². The van der Waals surface area contributed by atoms with Crippen LogP contribution in [0.5, 0.6) is 5.75 Å². The molecule has 3 rings (SSSR count). The van der Waals surface area contributed by atoms with Gasteiger partial charge in [-0.25, -0.2) is 5.01 Å². The van der Waals surface area contributed by atoms with E-state index >= 15 is 0 Å². The first-order valence-electron chi connectivity index (χ1n) is 8.12. The molecule has 6 nitrogen and oxygen atoms in total. The molecular weight excluding hydrogens is 350 g/mol. The third-order valence-electron chi connectivity index (χ3n) is 3.64. The van der Waals surface area contributed by atoms with Gasteiger partial charge in [-0.05, 0) is 23.3 Å². The van der Waals surface area contributed by atoms with E-state index in [4.69, 9.17) is 4.74 Å². The highest BCUT2D eigenvalue weighted by molar-refractivity contribution is 8.14. The Morgan fingerprint density at radius 1 is 1.15 bits per heavy atom. The van der Waals surface area contributed by atoms with Gasteiger partial charge in [0.25, 0.3) is 0 Å². The summed E-state index contributed by atoms with van der Waals surface area (Å²) < 4.78 is 5.86. The summed E-state index contributed by atoms with van der Waals surface area (Å²) in [5, 5.41) is 8.28. The predicted octanol–water partition coefficient (Wildman–Crippen LogP) is 3.27. The lowest BCUT2D eigenvalue weighted by atomic mass is 10.2. The van der Waals surface area contributed by atoms with Gasteiger partial charge in [0.15, 0.2) is 5.17 Å². The number of amidine groups is 1. The van der Waals surface area contributed by atoms with Gasteiger partial charge in [0.1, 0.15) is 17.7 Å². The average molecular weight is 369 g/mol. The number of carbonyl (C=O) groups excluding carboxylic acids is 2. The summed E-state index contributed by atoms with van der Waals surface area (Å²) in [7, 11) is 0. The molecule has 0 aromatic heterocycles. The zero-order valence-corrected chi connectivity index (χ0v) is 15.3. The molecule has 0 radical (unpaired) electrons. The van der Waals surface area contributed by atoms with E-state index in [9.17, 15) is 9.59 Å². The second kappa shape index (κ2) is 8.05. The van der Waals surface area contributed by atoms with Crippen molar-refractivity contribution in [3.8, 4) is 5.75 Å². The van der Waals surface area contributed by atoms with Crippen LogP contribution < -0.4 is 10.1 Å². The summed E-state index contributed by atoms with van der Waals surface area (Å²) in [6, 6.07) is 17.5. The van der Waals surface area contributed by atoms with Gasteiger partial charge in [-0.2, -0.15) is 0 Å². The van der Waals surface area contributed by atoms with Crippen LogP contribution in [0.15, 0.2) is 59.7 Å². The Balaban J connectivity index is 1.74. The van der Waals surface area contributed by atoms with E-state index in [0.717, 1.165) is 11.1 Å². The molecular formula is C19H19N3O3S. The van der Waals surface area contributed by atoms with Gasteiger partial charge in [0, 0.05) is 13.8 Å². The molecule has 0 spiro atoms. The minimum atomic E-state index is -0.338. The Morgan fingerprint density at radius 2 is 1.92 bits per heavy atom. The first-order valence-corrected chi connectivity index (χ1v) is 9.00. The number of nitrogens with zero attached hydrogens (tertiary/aromatic N) is 2. The molecule has 1 N–H and O–H groups in total. The van der Waals surface area contributed by atoms with Crippen molar-refractivity contribution in [2.45, 2.75) is 25.8 Å². The number of hydrogen-bond acceptors (Lipinski definition) is 5. The number of carbonyl (C=O) groups is 2. The molecule has 7 heteroatoms. The largest absolute Gasteiger partial charge is 0.489 e. The molecule has 0 saturated carbocycles. The van der Waals surface area contributed by atoms with Crippen LogP contribution in [0.2, 0.25) is 0 Å². The molecule has 0 bridgehead atoms. The van der Waals surface area contributed by atoms with E-state index in [-0.39, 0.29) is 17.2 Å². The quantitative estimate of drug-likeness (QED) is 0.898. The van der Waals surface area contributed by atoms with Crippen LogP contribution in [-0.2, 0) is 16.2 Å². The van der Waals surface area contributed by atoms with E-state index in [1.165, 1.54) is 30.6 Å². The van der Waals surface area contributed by atoms with Crippen molar-refractivity contribution in [2.24, 2.45) is 5.10 Å². The van der Waals surface area contributed by atoms with Crippen molar-refractivity contribution < 1.29 is 14.3 Å². The standard InChI is InChI=1S/C19H19N3O3S/c1-13(23)20-19-21-22(14(2)24)18(26-19)16-9-6-10-17(11-16)25-12-15-7-4-3-5-8-15/h3-11,18H,12H2,1-2H3,(H,20,21,23)/t18-/m1/s1. The minimum absolute atomic E-state index is 0.196. The summed E-state index contributed by atoms with van der Waals surface area (Å²) in [6.07, 6.45) is 0. The Labute approximate surface area is 156 Å².